The SMILES string of the molecule is CC(O)CC(C)(C)CNC(=O)c1ccc(C#N)[nH]1. The summed E-state index contributed by atoms with van der Waals surface area (Å²) in [5.74, 6) is -0.241. The molecule has 0 fully saturated rings. The van der Waals surface area contributed by atoms with Gasteiger partial charge in [0.15, 0.2) is 0 Å². The van der Waals surface area contributed by atoms with Crippen molar-refractivity contribution in [1.29, 1.82) is 5.26 Å². The van der Waals surface area contributed by atoms with Crippen LogP contribution in [0.5, 0.6) is 0 Å². The predicted octanol–water partition coefficient (Wildman–Crippen LogP) is 1.41. The number of aliphatic hydroxyl groups is 1. The van der Waals surface area contributed by atoms with Gasteiger partial charge in [0.25, 0.3) is 5.91 Å². The molecular weight excluding hydrogens is 230 g/mol. The molecule has 1 rings (SSSR count). The number of carbonyl (C=O) groups is 1. The number of amides is 1. The fraction of sp³-hybridized carbons (Fsp3) is 0.538. The Bertz CT molecular complexity index is 455. The molecule has 5 nitrogen and oxygen atoms in total. The van der Waals surface area contributed by atoms with Crippen molar-refractivity contribution in [2.24, 2.45) is 5.41 Å². The van der Waals surface area contributed by atoms with Gasteiger partial charge in [-0.3, -0.25) is 4.79 Å². The van der Waals surface area contributed by atoms with Gasteiger partial charge in [-0.25, -0.2) is 0 Å². The van der Waals surface area contributed by atoms with Gasteiger partial charge in [-0.2, -0.15) is 5.26 Å². The molecule has 0 aliphatic rings. The van der Waals surface area contributed by atoms with E-state index in [0.717, 1.165) is 0 Å². The second-order valence-corrected chi connectivity index (χ2v) is 5.30. The van der Waals surface area contributed by atoms with E-state index >= 15 is 0 Å². The lowest BCUT2D eigenvalue weighted by molar-refractivity contribution is 0.0898. The maximum absolute atomic E-state index is 11.8. The van der Waals surface area contributed by atoms with Crippen LogP contribution < -0.4 is 5.32 Å². The Kier molecular flexibility index (Phi) is 4.51. The normalized spacial score (nSPS) is 12.8. The van der Waals surface area contributed by atoms with Gasteiger partial charge in [0, 0.05) is 6.54 Å². The summed E-state index contributed by atoms with van der Waals surface area (Å²) in [6, 6.07) is 5.08. The first-order valence-electron chi connectivity index (χ1n) is 5.89. The fourth-order valence-electron chi connectivity index (χ4n) is 1.88. The quantitative estimate of drug-likeness (QED) is 0.737. The molecule has 0 aliphatic carbocycles. The van der Waals surface area contributed by atoms with Crippen LogP contribution in [0.15, 0.2) is 12.1 Å². The molecule has 98 valence electrons. The van der Waals surface area contributed by atoms with Gasteiger partial charge < -0.3 is 15.4 Å². The Morgan fingerprint density at radius 3 is 2.78 bits per heavy atom. The number of nitrogens with zero attached hydrogens (tertiary/aromatic N) is 1. The zero-order valence-electron chi connectivity index (χ0n) is 10.9. The van der Waals surface area contributed by atoms with E-state index in [9.17, 15) is 9.90 Å². The number of hydrogen-bond donors (Lipinski definition) is 3. The smallest absolute Gasteiger partial charge is 0.267 e. The number of nitrogens with one attached hydrogen (secondary N) is 2. The summed E-state index contributed by atoms with van der Waals surface area (Å²) in [6.45, 7) is 6.16. The molecule has 3 N–H and O–H groups in total. The first-order chi connectivity index (χ1) is 8.34. The molecule has 5 heteroatoms. The lowest BCUT2D eigenvalue weighted by Gasteiger charge is -2.26. The summed E-state index contributed by atoms with van der Waals surface area (Å²) < 4.78 is 0. The average molecular weight is 249 g/mol. The van der Waals surface area contributed by atoms with Crippen LogP contribution in [0.3, 0.4) is 0 Å². The third-order valence-corrected chi connectivity index (χ3v) is 2.63. The van der Waals surface area contributed by atoms with E-state index < -0.39 is 6.10 Å². The van der Waals surface area contributed by atoms with Gasteiger partial charge in [0.05, 0.1) is 6.10 Å². The lowest BCUT2D eigenvalue weighted by Crippen LogP contribution is -2.35. The molecule has 0 bridgehead atoms. The van der Waals surface area contributed by atoms with E-state index in [2.05, 4.69) is 10.3 Å². The summed E-state index contributed by atoms with van der Waals surface area (Å²) in [6.07, 6.45) is 0.217. The number of rotatable bonds is 5. The number of carbonyl (C=O) groups excluding carboxylic acids is 1. The molecule has 1 aromatic heterocycles. The zero-order chi connectivity index (χ0) is 13.8. The molecule has 0 aliphatic heterocycles. The number of hydrogen-bond acceptors (Lipinski definition) is 3. The molecule has 0 saturated heterocycles. The van der Waals surface area contributed by atoms with Gasteiger partial charge in [0.2, 0.25) is 0 Å². The molecule has 0 spiro atoms. The topological polar surface area (TPSA) is 88.9 Å². The van der Waals surface area contributed by atoms with Gasteiger partial charge in [-0.05, 0) is 30.9 Å². The minimum atomic E-state index is -0.396. The Morgan fingerprint density at radius 2 is 2.28 bits per heavy atom. The molecule has 1 aromatic rings. The van der Waals surface area contributed by atoms with Crippen molar-refractivity contribution >= 4 is 5.91 Å². The first kappa shape index (κ1) is 14.3. The van der Waals surface area contributed by atoms with Crippen LogP contribution in [-0.2, 0) is 0 Å². The van der Waals surface area contributed by atoms with E-state index in [1.807, 2.05) is 19.9 Å². The number of H-pyrrole nitrogens is 1. The Hall–Kier alpha value is -1.80. The zero-order valence-corrected chi connectivity index (χ0v) is 10.9. The number of aromatic nitrogens is 1. The molecule has 1 heterocycles. The Balaban J connectivity index is 2.53. The van der Waals surface area contributed by atoms with Crippen molar-refractivity contribution in [3.05, 3.63) is 23.5 Å². The van der Waals surface area contributed by atoms with E-state index in [1.54, 1.807) is 19.1 Å². The summed E-state index contributed by atoms with van der Waals surface area (Å²) in [5.41, 5.74) is 0.567. The van der Waals surface area contributed by atoms with E-state index in [0.29, 0.717) is 24.4 Å². The average Bonchev–Trinajstić information content (AvgIpc) is 2.72. The van der Waals surface area contributed by atoms with Crippen LogP contribution in [-0.4, -0.2) is 28.6 Å². The van der Waals surface area contributed by atoms with E-state index in [-0.39, 0.29) is 11.3 Å². The van der Waals surface area contributed by atoms with Crippen molar-refractivity contribution < 1.29 is 9.90 Å². The van der Waals surface area contributed by atoms with Gasteiger partial charge in [-0.15, -0.1) is 0 Å². The Labute approximate surface area is 107 Å². The highest BCUT2D eigenvalue weighted by molar-refractivity contribution is 5.92. The molecular formula is C13H19N3O2. The second-order valence-electron chi connectivity index (χ2n) is 5.30. The highest BCUT2D eigenvalue weighted by Gasteiger charge is 2.21. The molecule has 1 amide bonds. The van der Waals surface area contributed by atoms with Crippen molar-refractivity contribution in [2.45, 2.75) is 33.3 Å². The van der Waals surface area contributed by atoms with Crippen LogP contribution in [0.25, 0.3) is 0 Å². The van der Waals surface area contributed by atoms with Crippen molar-refractivity contribution in [3.63, 3.8) is 0 Å². The van der Waals surface area contributed by atoms with Crippen LogP contribution in [0, 0.1) is 16.7 Å². The van der Waals surface area contributed by atoms with E-state index in [1.165, 1.54) is 0 Å². The number of aliphatic hydroxyl groups excluding tert-OH is 1. The fourth-order valence-corrected chi connectivity index (χ4v) is 1.88. The molecule has 0 saturated carbocycles. The van der Waals surface area contributed by atoms with Crippen molar-refractivity contribution in [3.8, 4) is 6.07 Å². The summed E-state index contributed by atoms with van der Waals surface area (Å²) in [7, 11) is 0. The second kappa shape index (κ2) is 5.69. The highest BCUT2D eigenvalue weighted by Crippen LogP contribution is 2.21. The molecule has 18 heavy (non-hydrogen) atoms. The van der Waals surface area contributed by atoms with Crippen LogP contribution in [0.2, 0.25) is 0 Å². The standard InChI is InChI=1S/C13H19N3O2/c1-9(17)6-13(2,3)8-15-12(18)11-5-4-10(7-14)16-11/h4-5,9,16-17H,6,8H2,1-3H3,(H,15,18). The van der Waals surface area contributed by atoms with Gasteiger partial charge >= 0.3 is 0 Å². The molecule has 1 atom stereocenters. The molecule has 0 radical (unpaired) electrons. The maximum Gasteiger partial charge on any atom is 0.267 e. The predicted molar refractivity (Wildman–Crippen MR) is 67.9 cm³/mol. The van der Waals surface area contributed by atoms with Crippen LogP contribution in [0.1, 0.15) is 43.4 Å². The summed E-state index contributed by atoms with van der Waals surface area (Å²) in [4.78, 5) is 14.5. The number of nitriles is 1. The highest BCUT2D eigenvalue weighted by atomic mass is 16.3. The van der Waals surface area contributed by atoms with Gasteiger partial charge in [-0.1, -0.05) is 13.8 Å². The minimum Gasteiger partial charge on any atom is -0.393 e. The maximum atomic E-state index is 11.8. The summed E-state index contributed by atoms with van der Waals surface area (Å²) >= 11 is 0. The molecule has 1 unspecified atom stereocenters. The lowest BCUT2D eigenvalue weighted by atomic mass is 9.87. The monoisotopic (exact) mass is 249 g/mol. The van der Waals surface area contributed by atoms with Crippen LogP contribution >= 0.6 is 0 Å². The van der Waals surface area contributed by atoms with Gasteiger partial charge in [0.1, 0.15) is 17.5 Å². The largest absolute Gasteiger partial charge is 0.393 e. The minimum absolute atomic E-state index is 0.172. The van der Waals surface area contributed by atoms with Crippen molar-refractivity contribution in [2.75, 3.05) is 6.54 Å². The number of aromatic amines is 1. The van der Waals surface area contributed by atoms with E-state index in [4.69, 9.17) is 5.26 Å². The first-order valence-corrected chi connectivity index (χ1v) is 5.89. The van der Waals surface area contributed by atoms with Crippen LogP contribution in [0.4, 0.5) is 0 Å². The third kappa shape index (κ3) is 4.22. The summed E-state index contributed by atoms with van der Waals surface area (Å²) in [5, 5.41) is 20.8. The molecule has 0 aromatic carbocycles. The third-order valence-electron chi connectivity index (χ3n) is 2.63. The Morgan fingerprint density at radius 1 is 1.61 bits per heavy atom. The van der Waals surface area contributed by atoms with Crippen molar-refractivity contribution in [1.82, 2.24) is 10.3 Å².